The minimum atomic E-state index is -0.556. The summed E-state index contributed by atoms with van der Waals surface area (Å²) in [6, 6.07) is 29.4. The van der Waals surface area contributed by atoms with Crippen molar-refractivity contribution in [2.75, 3.05) is 6.61 Å². The van der Waals surface area contributed by atoms with Crippen LogP contribution in [-0.4, -0.2) is 24.8 Å². The van der Waals surface area contributed by atoms with Gasteiger partial charge in [-0.15, -0.1) is 0 Å². The summed E-state index contributed by atoms with van der Waals surface area (Å²) in [7, 11) is 0. The van der Waals surface area contributed by atoms with Gasteiger partial charge in [-0.2, -0.15) is 0 Å². The van der Waals surface area contributed by atoms with Crippen molar-refractivity contribution in [3.8, 4) is 0 Å². The number of hydrogen-bond donors (Lipinski definition) is 0. The van der Waals surface area contributed by atoms with Gasteiger partial charge in [0.25, 0.3) is 0 Å². The highest BCUT2D eigenvalue weighted by Gasteiger charge is 2.33. The molecule has 3 aromatic rings. The molecule has 0 fully saturated rings. The monoisotopic (exact) mass is 430 g/mol. The molecule has 0 aliphatic carbocycles. The molecular weight excluding hydrogens is 404 g/mol. The minimum absolute atomic E-state index is 0.159. The van der Waals surface area contributed by atoms with E-state index in [-0.39, 0.29) is 19.0 Å². The van der Waals surface area contributed by atoms with Gasteiger partial charge in [0.05, 0.1) is 19.8 Å². The lowest BCUT2D eigenvalue weighted by molar-refractivity contribution is -0.165. The lowest BCUT2D eigenvalue weighted by Gasteiger charge is -2.29. The maximum absolute atomic E-state index is 12.6. The molecule has 3 aromatic carbocycles. The van der Waals surface area contributed by atoms with Crippen LogP contribution >= 0.6 is 0 Å². The van der Waals surface area contributed by atoms with E-state index >= 15 is 0 Å². The number of esters is 1. The maximum Gasteiger partial charge on any atom is 0.373 e. The molecule has 0 bridgehead atoms. The van der Waals surface area contributed by atoms with Crippen LogP contribution in [0.4, 0.5) is 0 Å². The van der Waals surface area contributed by atoms with E-state index in [2.05, 4.69) is 0 Å². The smallest absolute Gasteiger partial charge is 0.373 e. The van der Waals surface area contributed by atoms with E-state index in [0.29, 0.717) is 13.2 Å². The van der Waals surface area contributed by atoms with Crippen molar-refractivity contribution in [1.82, 2.24) is 0 Å². The summed E-state index contributed by atoms with van der Waals surface area (Å²) in [5.74, 6) is -0.347. The van der Waals surface area contributed by atoms with Crippen molar-refractivity contribution in [3.63, 3.8) is 0 Å². The molecule has 0 radical (unpaired) electrons. The summed E-state index contributed by atoms with van der Waals surface area (Å²) in [5, 5.41) is 0. The molecule has 1 aliphatic heterocycles. The van der Waals surface area contributed by atoms with Crippen LogP contribution in [-0.2, 0) is 43.6 Å². The Morgan fingerprint density at radius 3 is 1.81 bits per heavy atom. The molecule has 0 amide bonds. The van der Waals surface area contributed by atoms with Gasteiger partial charge in [-0.1, -0.05) is 91.0 Å². The number of ether oxygens (including phenoxy) is 4. The Morgan fingerprint density at radius 2 is 1.22 bits per heavy atom. The van der Waals surface area contributed by atoms with E-state index in [1.54, 1.807) is 6.08 Å². The zero-order valence-electron chi connectivity index (χ0n) is 17.8. The van der Waals surface area contributed by atoms with E-state index < -0.39 is 18.2 Å². The third-order valence-corrected chi connectivity index (χ3v) is 5.06. The molecule has 0 unspecified atom stereocenters. The number of carbonyl (C=O) groups excluding carboxylic acids is 1. The topological polar surface area (TPSA) is 54.0 Å². The number of rotatable bonds is 10. The molecule has 0 N–H and O–H groups in total. The molecule has 0 saturated carbocycles. The first-order chi connectivity index (χ1) is 15.8. The second-order valence-electron chi connectivity index (χ2n) is 7.51. The molecule has 164 valence electrons. The van der Waals surface area contributed by atoms with Gasteiger partial charge >= 0.3 is 5.97 Å². The average Bonchev–Trinajstić information content (AvgIpc) is 2.85. The fourth-order valence-electron chi connectivity index (χ4n) is 3.35. The van der Waals surface area contributed by atoms with Gasteiger partial charge in [0.1, 0.15) is 12.7 Å². The normalized spacial score (nSPS) is 18.0. The van der Waals surface area contributed by atoms with Crippen LogP contribution in [0.25, 0.3) is 0 Å². The minimum Gasteiger partial charge on any atom is -0.482 e. The van der Waals surface area contributed by atoms with E-state index in [1.807, 2.05) is 91.0 Å². The van der Waals surface area contributed by atoms with Crippen LogP contribution in [0, 0.1) is 0 Å². The highest BCUT2D eigenvalue weighted by molar-refractivity contribution is 5.87. The molecule has 0 spiro atoms. The Bertz CT molecular complexity index is 1000. The van der Waals surface area contributed by atoms with Crippen LogP contribution in [0.3, 0.4) is 0 Å². The van der Waals surface area contributed by atoms with Gasteiger partial charge in [-0.25, -0.2) is 4.79 Å². The van der Waals surface area contributed by atoms with Gasteiger partial charge in [0.2, 0.25) is 5.76 Å². The first-order valence-corrected chi connectivity index (χ1v) is 10.6. The van der Waals surface area contributed by atoms with E-state index in [9.17, 15) is 4.79 Å². The maximum atomic E-state index is 12.6. The SMILES string of the molecule is O=C1O[C@H](COCc2ccccc2)[C@@H](OCc2ccccc2)C=C1OCc1ccccc1. The van der Waals surface area contributed by atoms with Crippen molar-refractivity contribution < 1.29 is 23.7 Å². The predicted octanol–water partition coefficient (Wildman–Crippen LogP) is 4.81. The lowest BCUT2D eigenvalue weighted by atomic mass is 10.1. The van der Waals surface area contributed by atoms with Crippen LogP contribution in [0.2, 0.25) is 0 Å². The van der Waals surface area contributed by atoms with Gasteiger partial charge < -0.3 is 18.9 Å². The number of cyclic esters (lactones) is 1. The molecule has 5 heteroatoms. The third kappa shape index (κ3) is 6.30. The van der Waals surface area contributed by atoms with Gasteiger partial charge in [0.15, 0.2) is 6.10 Å². The summed E-state index contributed by atoms with van der Waals surface area (Å²) in [5.41, 5.74) is 3.06. The second-order valence-corrected chi connectivity index (χ2v) is 7.51. The van der Waals surface area contributed by atoms with E-state index in [0.717, 1.165) is 16.7 Å². The third-order valence-electron chi connectivity index (χ3n) is 5.06. The van der Waals surface area contributed by atoms with Crippen LogP contribution in [0.1, 0.15) is 16.7 Å². The van der Waals surface area contributed by atoms with Crippen LogP contribution in [0.5, 0.6) is 0 Å². The molecule has 1 heterocycles. The van der Waals surface area contributed by atoms with Crippen molar-refractivity contribution >= 4 is 5.97 Å². The Balaban J connectivity index is 1.41. The largest absolute Gasteiger partial charge is 0.482 e. The standard InChI is InChI=1S/C27H26O5/c28-27-25(31-19-23-14-8-3-9-15-23)16-24(30-18-22-12-6-2-7-13-22)26(32-27)20-29-17-21-10-4-1-5-11-21/h1-16,24,26H,17-20H2/t24-,26+/m0/s1. The molecule has 0 aromatic heterocycles. The van der Waals surface area contributed by atoms with Gasteiger partial charge in [-0.3, -0.25) is 0 Å². The fraction of sp³-hybridized carbons (Fsp3) is 0.222. The predicted molar refractivity (Wildman–Crippen MR) is 120 cm³/mol. The van der Waals surface area contributed by atoms with E-state index in [4.69, 9.17) is 18.9 Å². The van der Waals surface area contributed by atoms with Crippen molar-refractivity contribution in [2.24, 2.45) is 0 Å². The van der Waals surface area contributed by atoms with Crippen molar-refractivity contribution in [3.05, 3.63) is 120 Å². The fourth-order valence-corrected chi connectivity index (χ4v) is 3.35. The molecule has 32 heavy (non-hydrogen) atoms. The lowest BCUT2D eigenvalue weighted by Crippen LogP contribution is -2.40. The summed E-state index contributed by atoms with van der Waals surface area (Å²) >= 11 is 0. The number of hydrogen-bond acceptors (Lipinski definition) is 5. The van der Waals surface area contributed by atoms with Gasteiger partial charge in [0, 0.05) is 0 Å². The average molecular weight is 431 g/mol. The molecule has 0 saturated heterocycles. The Kier molecular flexibility index (Phi) is 7.69. The molecule has 1 aliphatic rings. The zero-order chi connectivity index (χ0) is 22.0. The molecule has 2 atom stereocenters. The second kappa shape index (κ2) is 11.3. The highest BCUT2D eigenvalue weighted by atomic mass is 16.6. The van der Waals surface area contributed by atoms with Crippen molar-refractivity contribution in [1.29, 1.82) is 0 Å². The summed E-state index contributed by atoms with van der Waals surface area (Å²) in [6.07, 6.45) is 0.669. The first kappa shape index (κ1) is 21.8. The number of benzene rings is 3. The molecule has 5 nitrogen and oxygen atoms in total. The van der Waals surface area contributed by atoms with Gasteiger partial charge in [-0.05, 0) is 22.8 Å². The summed E-state index contributed by atoms with van der Waals surface area (Å²) in [4.78, 5) is 12.6. The zero-order valence-corrected chi connectivity index (χ0v) is 17.8. The van der Waals surface area contributed by atoms with Crippen LogP contribution in [0.15, 0.2) is 103 Å². The first-order valence-electron chi connectivity index (χ1n) is 10.6. The Morgan fingerprint density at radius 1 is 0.688 bits per heavy atom. The number of carbonyl (C=O) groups is 1. The molecule has 4 rings (SSSR count). The highest BCUT2D eigenvalue weighted by Crippen LogP contribution is 2.22. The molecular formula is C27H26O5. The van der Waals surface area contributed by atoms with E-state index in [1.165, 1.54) is 0 Å². The van der Waals surface area contributed by atoms with Crippen LogP contribution < -0.4 is 0 Å². The summed E-state index contributed by atoms with van der Waals surface area (Å²) < 4.78 is 23.3. The quantitative estimate of drug-likeness (QED) is 0.432. The Hall–Kier alpha value is -3.41. The Labute approximate surface area is 188 Å². The summed E-state index contributed by atoms with van der Waals surface area (Å²) in [6.45, 7) is 1.33. The van der Waals surface area contributed by atoms with Crippen molar-refractivity contribution in [2.45, 2.75) is 32.0 Å².